The molecule has 0 aliphatic rings. The molecule has 0 bridgehead atoms. The zero-order chi connectivity index (χ0) is 15.7. The lowest BCUT2D eigenvalue weighted by atomic mass is 10.2. The zero-order valence-electron chi connectivity index (χ0n) is 13.1. The summed E-state index contributed by atoms with van der Waals surface area (Å²) in [6.07, 6.45) is 2.61. The van der Waals surface area contributed by atoms with Crippen LogP contribution in [-0.4, -0.2) is 15.3 Å². The van der Waals surface area contributed by atoms with Gasteiger partial charge in [-0.25, -0.2) is 4.98 Å². The van der Waals surface area contributed by atoms with Crippen molar-refractivity contribution in [1.29, 1.82) is 0 Å². The van der Waals surface area contributed by atoms with Crippen molar-refractivity contribution < 1.29 is 4.79 Å². The number of pyridine rings is 1. The molecular formula is C18H19N3O. The van der Waals surface area contributed by atoms with Crippen molar-refractivity contribution >= 4 is 17.2 Å². The lowest BCUT2D eigenvalue weighted by Gasteiger charge is -2.07. The second-order valence-electron chi connectivity index (χ2n) is 5.47. The number of anilines is 1. The van der Waals surface area contributed by atoms with Crippen LogP contribution in [0.4, 0.5) is 5.69 Å². The van der Waals surface area contributed by atoms with Crippen molar-refractivity contribution in [2.24, 2.45) is 0 Å². The van der Waals surface area contributed by atoms with Crippen molar-refractivity contribution in [1.82, 2.24) is 9.38 Å². The highest BCUT2D eigenvalue weighted by Gasteiger charge is 2.19. The van der Waals surface area contributed by atoms with Crippen LogP contribution in [0.25, 0.3) is 5.65 Å². The average molecular weight is 293 g/mol. The zero-order valence-corrected chi connectivity index (χ0v) is 13.1. The number of amides is 1. The molecule has 0 unspecified atom stereocenters. The highest BCUT2D eigenvalue weighted by atomic mass is 16.2. The lowest BCUT2D eigenvalue weighted by molar-refractivity contribution is 0.102. The fourth-order valence-corrected chi connectivity index (χ4v) is 2.57. The van der Waals surface area contributed by atoms with Crippen LogP contribution in [0.15, 0.2) is 42.6 Å². The number of nitrogens with zero attached hydrogens (tertiary/aromatic N) is 2. The van der Waals surface area contributed by atoms with Crippen LogP contribution in [-0.2, 0) is 6.42 Å². The molecule has 1 amide bonds. The van der Waals surface area contributed by atoms with E-state index in [2.05, 4.69) is 10.3 Å². The number of aryl methyl sites for hydroxylation is 3. The molecule has 2 heterocycles. The summed E-state index contributed by atoms with van der Waals surface area (Å²) in [5, 5.41) is 2.96. The first-order valence-corrected chi connectivity index (χ1v) is 7.44. The van der Waals surface area contributed by atoms with Gasteiger partial charge in [0.25, 0.3) is 5.91 Å². The van der Waals surface area contributed by atoms with Gasteiger partial charge in [0, 0.05) is 11.9 Å². The Morgan fingerprint density at radius 2 is 1.91 bits per heavy atom. The van der Waals surface area contributed by atoms with Gasteiger partial charge in [0.05, 0.1) is 5.69 Å². The van der Waals surface area contributed by atoms with E-state index in [-0.39, 0.29) is 5.91 Å². The van der Waals surface area contributed by atoms with Gasteiger partial charge in [0.1, 0.15) is 11.3 Å². The van der Waals surface area contributed by atoms with Gasteiger partial charge in [0.2, 0.25) is 0 Å². The van der Waals surface area contributed by atoms with Crippen LogP contribution < -0.4 is 5.32 Å². The number of hydrogen-bond donors (Lipinski definition) is 1. The van der Waals surface area contributed by atoms with Gasteiger partial charge in [-0.05, 0) is 44.0 Å². The topological polar surface area (TPSA) is 46.4 Å². The molecule has 1 aromatic carbocycles. The summed E-state index contributed by atoms with van der Waals surface area (Å²) in [6, 6.07) is 11.7. The van der Waals surface area contributed by atoms with Crippen LogP contribution in [0.3, 0.4) is 0 Å². The van der Waals surface area contributed by atoms with Crippen molar-refractivity contribution in [2.75, 3.05) is 5.32 Å². The Kier molecular flexibility index (Phi) is 3.67. The van der Waals surface area contributed by atoms with Gasteiger partial charge in [-0.15, -0.1) is 0 Å². The molecule has 0 saturated heterocycles. The number of hydrogen-bond acceptors (Lipinski definition) is 2. The molecule has 4 nitrogen and oxygen atoms in total. The summed E-state index contributed by atoms with van der Waals surface area (Å²) < 4.78 is 1.87. The fourth-order valence-electron chi connectivity index (χ4n) is 2.57. The Bertz CT molecular complexity index is 831. The maximum Gasteiger partial charge on any atom is 0.274 e. The SMILES string of the molecule is CCc1nc2c(C)cccn2c1C(=O)Nc1ccc(C)cc1. The van der Waals surface area contributed by atoms with Crippen molar-refractivity contribution in [3.05, 3.63) is 65.1 Å². The molecule has 0 fully saturated rings. The standard InChI is InChI=1S/C18H19N3O/c1-4-15-16(21-11-5-6-13(3)17(21)20-15)18(22)19-14-9-7-12(2)8-10-14/h5-11H,4H2,1-3H3,(H,19,22). The highest BCUT2D eigenvalue weighted by Crippen LogP contribution is 2.18. The summed E-state index contributed by atoms with van der Waals surface area (Å²) in [5.74, 6) is -0.126. The number of carbonyl (C=O) groups is 1. The number of rotatable bonds is 3. The maximum atomic E-state index is 12.7. The van der Waals surface area contributed by atoms with E-state index in [1.807, 2.05) is 67.8 Å². The smallest absolute Gasteiger partial charge is 0.274 e. The molecule has 0 saturated carbocycles. The second-order valence-corrected chi connectivity index (χ2v) is 5.47. The molecule has 0 atom stereocenters. The quantitative estimate of drug-likeness (QED) is 0.799. The average Bonchev–Trinajstić information content (AvgIpc) is 2.89. The highest BCUT2D eigenvalue weighted by molar-refractivity contribution is 6.04. The molecule has 22 heavy (non-hydrogen) atoms. The van der Waals surface area contributed by atoms with Crippen LogP contribution in [0.5, 0.6) is 0 Å². The molecule has 0 aliphatic carbocycles. The van der Waals surface area contributed by atoms with Crippen LogP contribution in [0, 0.1) is 13.8 Å². The van der Waals surface area contributed by atoms with Gasteiger partial charge in [-0.2, -0.15) is 0 Å². The molecule has 4 heteroatoms. The number of aromatic nitrogens is 2. The van der Waals surface area contributed by atoms with E-state index in [4.69, 9.17) is 0 Å². The maximum absolute atomic E-state index is 12.7. The molecule has 112 valence electrons. The monoisotopic (exact) mass is 293 g/mol. The molecule has 2 aromatic heterocycles. The number of imidazole rings is 1. The number of fused-ring (bicyclic) bond motifs is 1. The Morgan fingerprint density at radius 3 is 2.59 bits per heavy atom. The molecule has 3 rings (SSSR count). The van der Waals surface area contributed by atoms with Gasteiger partial charge >= 0.3 is 0 Å². The molecule has 0 radical (unpaired) electrons. The van der Waals surface area contributed by atoms with E-state index in [1.54, 1.807) is 0 Å². The fraction of sp³-hybridized carbons (Fsp3) is 0.222. The van der Waals surface area contributed by atoms with E-state index in [0.717, 1.165) is 34.6 Å². The molecule has 0 spiro atoms. The first-order chi connectivity index (χ1) is 10.6. The molecule has 0 aliphatic heterocycles. The Balaban J connectivity index is 2.03. The summed E-state index contributed by atoms with van der Waals surface area (Å²) in [7, 11) is 0. The normalized spacial score (nSPS) is 10.9. The van der Waals surface area contributed by atoms with Crippen LogP contribution >= 0.6 is 0 Å². The van der Waals surface area contributed by atoms with Crippen LogP contribution in [0.2, 0.25) is 0 Å². The van der Waals surface area contributed by atoms with E-state index < -0.39 is 0 Å². The predicted octanol–water partition coefficient (Wildman–Crippen LogP) is 3.77. The molecule has 3 aromatic rings. The second kappa shape index (κ2) is 5.64. The first kappa shape index (κ1) is 14.3. The summed E-state index contributed by atoms with van der Waals surface area (Å²) in [6.45, 7) is 6.04. The third kappa shape index (κ3) is 2.48. The van der Waals surface area contributed by atoms with E-state index >= 15 is 0 Å². The van der Waals surface area contributed by atoms with E-state index in [0.29, 0.717) is 5.69 Å². The number of benzene rings is 1. The minimum absolute atomic E-state index is 0.126. The van der Waals surface area contributed by atoms with E-state index in [9.17, 15) is 4.79 Å². The summed E-state index contributed by atoms with van der Waals surface area (Å²) >= 11 is 0. The molecular weight excluding hydrogens is 274 g/mol. The van der Waals surface area contributed by atoms with E-state index in [1.165, 1.54) is 0 Å². The molecule has 1 N–H and O–H groups in total. The third-order valence-corrected chi connectivity index (χ3v) is 3.78. The van der Waals surface area contributed by atoms with Crippen LogP contribution in [0.1, 0.15) is 34.2 Å². The summed E-state index contributed by atoms with van der Waals surface area (Å²) in [5.41, 5.74) is 5.29. The minimum atomic E-state index is -0.126. The summed E-state index contributed by atoms with van der Waals surface area (Å²) in [4.78, 5) is 17.3. The van der Waals surface area contributed by atoms with Gasteiger partial charge in [-0.3, -0.25) is 9.20 Å². The first-order valence-electron chi connectivity index (χ1n) is 7.44. The predicted molar refractivity (Wildman–Crippen MR) is 88.4 cm³/mol. The van der Waals surface area contributed by atoms with Gasteiger partial charge in [-0.1, -0.05) is 30.7 Å². The minimum Gasteiger partial charge on any atom is -0.321 e. The number of nitrogens with one attached hydrogen (secondary N) is 1. The number of carbonyl (C=O) groups excluding carboxylic acids is 1. The lowest BCUT2D eigenvalue weighted by Crippen LogP contribution is -2.16. The largest absolute Gasteiger partial charge is 0.321 e. The third-order valence-electron chi connectivity index (χ3n) is 3.78. The van der Waals surface area contributed by atoms with Crippen molar-refractivity contribution in [3.63, 3.8) is 0 Å². The Labute approximate surface area is 129 Å². The Morgan fingerprint density at radius 1 is 1.18 bits per heavy atom. The van der Waals surface area contributed by atoms with Gasteiger partial charge < -0.3 is 5.32 Å². The van der Waals surface area contributed by atoms with Crippen molar-refractivity contribution in [2.45, 2.75) is 27.2 Å². The van der Waals surface area contributed by atoms with Crippen molar-refractivity contribution in [3.8, 4) is 0 Å². The Hall–Kier alpha value is -2.62. The van der Waals surface area contributed by atoms with Gasteiger partial charge in [0.15, 0.2) is 0 Å².